The number of hydrogen-bond acceptors (Lipinski definition) is 5. The Labute approximate surface area is 199 Å². The van der Waals surface area contributed by atoms with Crippen LogP contribution in [-0.4, -0.2) is 34.0 Å². The van der Waals surface area contributed by atoms with Gasteiger partial charge >= 0.3 is 6.18 Å². The summed E-state index contributed by atoms with van der Waals surface area (Å²) in [5, 5.41) is 20.2. The molecule has 186 valence electrons. The lowest BCUT2D eigenvalue weighted by atomic mass is 9.79. The van der Waals surface area contributed by atoms with Crippen LogP contribution >= 0.6 is 0 Å². The number of nitrogens with zero attached hydrogens (tertiary/aromatic N) is 3. The number of hydrogen-bond donors (Lipinski definition) is 3. The molecule has 3 aromatic rings. The zero-order chi connectivity index (χ0) is 25.1. The van der Waals surface area contributed by atoms with Crippen molar-refractivity contribution in [3.63, 3.8) is 0 Å². The maximum Gasteiger partial charge on any atom is 0.416 e. The minimum atomic E-state index is -4.42. The molecule has 2 fully saturated rings. The lowest BCUT2D eigenvalue weighted by Gasteiger charge is -2.36. The van der Waals surface area contributed by atoms with E-state index in [0.717, 1.165) is 44.2 Å². The van der Waals surface area contributed by atoms with Crippen LogP contribution in [0.4, 0.5) is 29.1 Å². The molecule has 2 aliphatic rings. The van der Waals surface area contributed by atoms with Crippen LogP contribution in [0.25, 0.3) is 10.9 Å². The Hall–Kier alpha value is -3.39. The highest BCUT2D eigenvalue weighted by molar-refractivity contribution is 5.91. The van der Waals surface area contributed by atoms with Crippen molar-refractivity contribution in [2.24, 2.45) is 0 Å². The predicted octanol–water partition coefficient (Wildman–Crippen LogP) is 4.99. The molecule has 0 amide bonds. The number of alkyl halides is 4. The Balaban J connectivity index is 0.000000514. The highest BCUT2D eigenvalue weighted by Gasteiger charge is 2.37. The molecule has 3 heterocycles. The molecule has 2 aromatic heterocycles. The Bertz CT molecular complexity index is 1250. The van der Waals surface area contributed by atoms with E-state index >= 15 is 0 Å². The number of aromatic nitrogens is 3. The molecule has 3 N–H and O–H groups in total. The summed E-state index contributed by atoms with van der Waals surface area (Å²) in [5.74, 6) is 0.259. The Morgan fingerprint density at radius 3 is 2.34 bits per heavy atom. The van der Waals surface area contributed by atoms with Gasteiger partial charge < -0.3 is 15.6 Å². The van der Waals surface area contributed by atoms with Crippen molar-refractivity contribution in [1.82, 2.24) is 20.1 Å². The minimum absolute atomic E-state index is 0.259. The molecule has 11 heteroatoms. The first-order valence-corrected chi connectivity index (χ1v) is 11.5. The summed E-state index contributed by atoms with van der Waals surface area (Å²) in [6, 6.07) is 8.56. The van der Waals surface area contributed by atoms with Crippen molar-refractivity contribution in [2.75, 3.05) is 18.4 Å². The first-order chi connectivity index (χ1) is 16.7. The zero-order valence-corrected chi connectivity index (χ0v) is 19.0. The maximum atomic E-state index is 12.8. The standard InChI is InChI=1S/C21H20F3N5O.C3H6FN/c22-21(23,24)14-4-6-15(7-5-14)27-18-17-16(8-13-26-19(17)30)29(28-18)20(11-12-25)9-2-1-3-10-20;4-3-1-5-2-3/h4-8,13H,1-3,9-11H2,(H,26,30)(H,27,28);3,5H,1-2H2. The second-order valence-corrected chi connectivity index (χ2v) is 8.90. The van der Waals surface area contributed by atoms with Crippen LogP contribution in [-0.2, 0) is 11.7 Å². The summed E-state index contributed by atoms with van der Waals surface area (Å²) >= 11 is 0. The topological polar surface area (TPSA) is 98.5 Å². The van der Waals surface area contributed by atoms with Crippen LogP contribution in [0, 0.1) is 11.3 Å². The number of halogens is 4. The number of nitriles is 1. The van der Waals surface area contributed by atoms with Gasteiger partial charge in [0.05, 0.1) is 29.1 Å². The first kappa shape index (κ1) is 24.7. The molecule has 1 saturated heterocycles. The van der Waals surface area contributed by atoms with Gasteiger partial charge in [-0.15, -0.1) is 0 Å². The van der Waals surface area contributed by atoms with E-state index in [1.807, 2.05) is 0 Å². The van der Waals surface area contributed by atoms with Crippen LogP contribution in [0.15, 0.2) is 41.3 Å². The van der Waals surface area contributed by atoms with Gasteiger partial charge in [0.1, 0.15) is 11.6 Å². The molecule has 0 bridgehead atoms. The van der Waals surface area contributed by atoms with Gasteiger partial charge in [0, 0.05) is 25.0 Å². The molecule has 7 nitrogen and oxygen atoms in total. The molecule has 1 aliphatic heterocycles. The second-order valence-electron chi connectivity index (χ2n) is 8.90. The van der Waals surface area contributed by atoms with E-state index in [4.69, 9.17) is 0 Å². The van der Waals surface area contributed by atoms with E-state index in [1.165, 1.54) is 18.3 Å². The monoisotopic (exact) mass is 490 g/mol. The van der Waals surface area contributed by atoms with E-state index in [1.54, 1.807) is 10.7 Å². The third-order valence-corrected chi connectivity index (χ3v) is 6.45. The molecule has 1 aromatic carbocycles. The Morgan fingerprint density at radius 1 is 1.14 bits per heavy atom. The summed E-state index contributed by atoms with van der Waals surface area (Å²) in [6.45, 7) is 1.14. The van der Waals surface area contributed by atoms with Crippen molar-refractivity contribution in [2.45, 2.75) is 56.4 Å². The van der Waals surface area contributed by atoms with Gasteiger partial charge in [-0.3, -0.25) is 9.48 Å². The lowest BCUT2D eigenvalue weighted by molar-refractivity contribution is -0.137. The SMILES string of the molecule is FC1CNC1.N#CCC1(n2nc(Nc3ccc(C(F)(F)F)cc3)c3c(=O)[nH]ccc32)CCCCC1. The lowest BCUT2D eigenvalue weighted by Crippen LogP contribution is -2.43. The van der Waals surface area contributed by atoms with Gasteiger partial charge in [-0.2, -0.15) is 23.5 Å². The van der Waals surface area contributed by atoms with Crippen molar-refractivity contribution < 1.29 is 17.6 Å². The van der Waals surface area contributed by atoms with Crippen molar-refractivity contribution >= 4 is 22.4 Å². The fourth-order valence-electron chi connectivity index (χ4n) is 4.48. The summed E-state index contributed by atoms with van der Waals surface area (Å²) in [7, 11) is 0. The minimum Gasteiger partial charge on any atom is -0.338 e. The van der Waals surface area contributed by atoms with Crippen LogP contribution in [0.3, 0.4) is 0 Å². The summed E-state index contributed by atoms with van der Waals surface area (Å²) in [4.78, 5) is 15.2. The quantitative estimate of drug-likeness (QED) is 0.448. The highest BCUT2D eigenvalue weighted by Crippen LogP contribution is 2.40. The first-order valence-electron chi connectivity index (χ1n) is 11.5. The fourth-order valence-corrected chi connectivity index (χ4v) is 4.48. The number of pyridine rings is 1. The van der Waals surface area contributed by atoms with Crippen molar-refractivity contribution in [1.29, 1.82) is 5.26 Å². The number of fused-ring (bicyclic) bond motifs is 1. The average Bonchev–Trinajstić information content (AvgIpc) is 3.19. The maximum absolute atomic E-state index is 12.8. The fraction of sp³-hybridized carbons (Fsp3) is 0.458. The van der Waals surface area contributed by atoms with Gasteiger partial charge in [0.25, 0.3) is 5.56 Å². The Morgan fingerprint density at radius 2 is 1.80 bits per heavy atom. The smallest absolute Gasteiger partial charge is 0.338 e. The van der Waals surface area contributed by atoms with Crippen LogP contribution < -0.4 is 16.2 Å². The molecular formula is C24H26F4N6O. The van der Waals surface area contributed by atoms with Gasteiger partial charge in [0.2, 0.25) is 0 Å². The average molecular weight is 491 g/mol. The predicted molar refractivity (Wildman–Crippen MR) is 124 cm³/mol. The van der Waals surface area contributed by atoms with E-state index in [0.29, 0.717) is 29.7 Å². The molecular weight excluding hydrogens is 464 g/mol. The second kappa shape index (κ2) is 10.1. The van der Waals surface area contributed by atoms with E-state index in [9.17, 15) is 27.6 Å². The molecule has 1 saturated carbocycles. The third-order valence-electron chi connectivity index (χ3n) is 6.45. The van der Waals surface area contributed by atoms with Gasteiger partial charge in [-0.05, 0) is 43.2 Å². The number of aromatic amines is 1. The highest BCUT2D eigenvalue weighted by atomic mass is 19.4. The Kier molecular flexibility index (Phi) is 7.12. The van der Waals surface area contributed by atoms with E-state index in [-0.39, 0.29) is 17.8 Å². The third kappa shape index (κ3) is 5.32. The molecule has 0 radical (unpaired) electrons. The summed E-state index contributed by atoms with van der Waals surface area (Å²) in [6.07, 6.45) is 1.42. The molecule has 35 heavy (non-hydrogen) atoms. The van der Waals surface area contributed by atoms with Gasteiger partial charge in [-0.1, -0.05) is 19.3 Å². The molecule has 0 atom stereocenters. The number of H-pyrrole nitrogens is 1. The van der Waals surface area contributed by atoms with E-state index < -0.39 is 23.5 Å². The summed E-state index contributed by atoms with van der Waals surface area (Å²) in [5.41, 5.74) is -0.618. The van der Waals surface area contributed by atoms with Crippen molar-refractivity contribution in [3.8, 4) is 6.07 Å². The van der Waals surface area contributed by atoms with Crippen molar-refractivity contribution in [3.05, 3.63) is 52.4 Å². The van der Waals surface area contributed by atoms with Crippen LogP contribution in [0.2, 0.25) is 0 Å². The molecule has 1 aliphatic carbocycles. The normalized spacial score (nSPS) is 17.7. The molecule has 0 spiro atoms. The van der Waals surface area contributed by atoms with Crippen LogP contribution in [0.5, 0.6) is 0 Å². The number of rotatable bonds is 4. The largest absolute Gasteiger partial charge is 0.416 e. The zero-order valence-electron chi connectivity index (χ0n) is 19.0. The molecule has 5 rings (SSSR count). The van der Waals surface area contributed by atoms with Gasteiger partial charge in [-0.25, -0.2) is 4.39 Å². The number of benzene rings is 1. The molecule has 0 unspecified atom stereocenters. The summed E-state index contributed by atoms with van der Waals surface area (Å²) < 4.78 is 51.7. The van der Waals surface area contributed by atoms with Crippen LogP contribution in [0.1, 0.15) is 44.1 Å². The number of nitrogens with one attached hydrogen (secondary N) is 3. The number of anilines is 2. The van der Waals surface area contributed by atoms with Gasteiger partial charge in [0.15, 0.2) is 5.82 Å². The van der Waals surface area contributed by atoms with E-state index in [2.05, 4.69) is 26.8 Å².